The van der Waals surface area contributed by atoms with Crippen molar-refractivity contribution in [2.45, 2.75) is 6.92 Å². The minimum atomic E-state index is 0.247. The van der Waals surface area contributed by atoms with E-state index in [0.29, 0.717) is 0 Å². The lowest BCUT2D eigenvalue weighted by molar-refractivity contribution is 0.475. The lowest BCUT2D eigenvalue weighted by atomic mass is 10.1. The van der Waals surface area contributed by atoms with E-state index < -0.39 is 0 Å². The van der Waals surface area contributed by atoms with Gasteiger partial charge < -0.3 is 9.52 Å². The highest BCUT2D eigenvalue weighted by molar-refractivity contribution is 9.10. The third-order valence-electron chi connectivity index (χ3n) is 3.14. The first-order valence-electron chi connectivity index (χ1n) is 6.33. The highest BCUT2D eigenvalue weighted by Gasteiger charge is 2.13. The Morgan fingerprint density at radius 3 is 2.55 bits per heavy atom. The first-order valence-corrected chi connectivity index (χ1v) is 7.12. The molecule has 0 saturated carbocycles. The van der Waals surface area contributed by atoms with E-state index in [-0.39, 0.29) is 5.75 Å². The third-order valence-corrected chi connectivity index (χ3v) is 3.93. The number of hydrogen-bond acceptors (Lipinski definition) is 2. The molecule has 3 heteroatoms. The average molecular weight is 329 g/mol. The van der Waals surface area contributed by atoms with Gasteiger partial charge >= 0.3 is 0 Å². The van der Waals surface area contributed by atoms with Gasteiger partial charge in [-0.1, -0.05) is 18.2 Å². The molecule has 0 amide bonds. The highest BCUT2D eigenvalue weighted by atomic mass is 79.9. The van der Waals surface area contributed by atoms with Crippen LogP contribution >= 0.6 is 15.9 Å². The fourth-order valence-electron chi connectivity index (χ4n) is 2.18. The molecule has 0 unspecified atom stereocenters. The highest BCUT2D eigenvalue weighted by Crippen LogP contribution is 2.38. The van der Waals surface area contributed by atoms with Gasteiger partial charge in [0.2, 0.25) is 0 Å². The largest absolute Gasteiger partial charge is 0.508 e. The zero-order valence-corrected chi connectivity index (χ0v) is 12.5. The van der Waals surface area contributed by atoms with Crippen LogP contribution in [0.3, 0.4) is 0 Å². The van der Waals surface area contributed by atoms with Crippen molar-refractivity contribution in [3.05, 3.63) is 58.6 Å². The van der Waals surface area contributed by atoms with Crippen LogP contribution in [0, 0.1) is 0 Å². The number of benzene rings is 2. The predicted molar refractivity (Wildman–Crippen MR) is 85.7 cm³/mol. The third kappa shape index (κ3) is 2.25. The zero-order valence-electron chi connectivity index (χ0n) is 10.9. The van der Waals surface area contributed by atoms with E-state index in [4.69, 9.17) is 4.42 Å². The number of phenols is 1. The van der Waals surface area contributed by atoms with Crippen molar-refractivity contribution in [1.82, 2.24) is 0 Å². The predicted octanol–water partition coefficient (Wildman–Crippen LogP) is 5.60. The molecule has 3 rings (SSSR count). The molecule has 3 aromatic rings. The van der Waals surface area contributed by atoms with Gasteiger partial charge in [0, 0.05) is 10.9 Å². The van der Waals surface area contributed by atoms with Crippen molar-refractivity contribution in [2.75, 3.05) is 0 Å². The number of furan rings is 1. The monoisotopic (exact) mass is 328 g/mol. The molecule has 1 aromatic heterocycles. The Labute approximate surface area is 125 Å². The summed E-state index contributed by atoms with van der Waals surface area (Å²) in [6, 6.07) is 13.1. The summed E-state index contributed by atoms with van der Waals surface area (Å²) in [6.07, 6.45) is 4.06. The molecule has 0 atom stereocenters. The van der Waals surface area contributed by atoms with Crippen LogP contribution in [-0.2, 0) is 0 Å². The molecule has 0 spiro atoms. The number of phenolic OH excluding ortho intramolecular Hbond substituents is 1. The van der Waals surface area contributed by atoms with Crippen molar-refractivity contribution < 1.29 is 9.52 Å². The minimum absolute atomic E-state index is 0.247. The molecular formula is C17H13BrO2. The van der Waals surface area contributed by atoms with E-state index in [2.05, 4.69) is 28.1 Å². The molecule has 0 aliphatic carbocycles. The number of halogens is 1. The number of fused-ring (bicyclic) bond motifs is 1. The average Bonchev–Trinajstić information content (AvgIpc) is 2.78. The Hall–Kier alpha value is -2.00. The fourth-order valence-corrected chi connectivity index (χ4v) is 2.80. The van der Waals surface area contributed by atoms with Gasteiger partial charge in [-0.3, -0.25) is 0 Å². The lowest BCUT2D eigenvalue weighted by Crippen LogP contribution is -1.74. The van der Waals surface area contributed by atoms with Gasteiger partial charge in [0.1, 0.15) is 17.1 Å². The van der Waals surface area contributed by atoms with Crippen molar-refractivity contribution in [2.24, 2.45) is 0 Å². The van der Waals surface area contributed by atoms with Crippen molar-refractivity contribution in [1.29, 1.82) is 0 Å². The maximum absolute atomic E-state index is 9.36. The summed E-state index contributed by atoms with van der Waals surface area (Å²) in [7, 11) is 0. The first kappa shape index (κ1) is 13.0. The summed E-state index contributed by atoms with van der Waals surface area (Å²) in [4.78, 5) is 0. The van der Waals surface area contributed by atoms with E-state index in [1.54, 1.807) is 12.1 Å². The van der Waals surface area contributed by atoms with Crippen LogP contribution in [-0.4, -0.2) is 5.11 Å². The topological polar surface area (TPSA) is 33.4 Å². The van der Waals surface area contributed by atoms with E-state index >= 15 is 0 Å². The van der Waals surface area contributed by atoms with Gasteiger partial charge in [-0.25, -0.2) is 0 Å². The van der Waals surface area contributed by atoms with Gasteiger partial charge in [-0.05, 0) is 64.8 Å². The SMILES string of the molecule is C/C=C/c1ccc2oc(-c3ccc(O)cc3)c(Br)c2c1. The molecule has 100 valence electrons. The summed E-state index contributed by atoms with van der Waals surface area (Å²) in [5.41, 5.74) is 2.91. The van der Waals surface area contributed by atoms with Crippen molar-refractivity contribution in [3.63, 3.8) is 0 Å². The van der Waals surface area contributed by atoms with Crippen LogP contribution in [0.1, 0.15) is 12.5 Å². The summed E-state index contributed by atoms with van der Waals surface area (Å²) in [5.74, 6) is 1.02. The zero-order chi connectivity index (χ0) is 14.1. The molecule has 1 heterocycles. The second kappa shape index (κ2) is 5.17. The molecule has 0 fully saturated rings. The smallest absolute Gasteiger partial charge is 0.149 e. The second-order valence-electron chi connectivity index (χ2n) is 4.55. The van der Waals surface area contributed by atoms with Crippen LogP contribution in [0.15, 0.2) is 57.4 Å². The van der Waals surface area contributed by atoms with Crippen molar-refractivity contribution >= 4 is 33.0 Å². The van der Waals surface area contributed by atoms with Gasteiger partial charge in [0.15, 0.2) is 0 Å². The summed E-state index contributed by atoms with van der Waals surface area (Å²) < 4.78 is 6.84. The van der Waals surface area contributed by atoms with Gasteiger partial charge in [0.05, 0.1) is 4.47 Å². The molecule has 0 aliphatic rings. The van der Waals surface area contributed by atoms with Gasteiger partial charge in [-0.2, -0.15) is 0 Å². The van der Waals surface area contributed by atoms with E-state index in [9.17, 15) is 5.11 Å². The van der Waals surface area contributed by atoms with Gasteiger partial charge in [0.25, 0.3) is 0 Å². The Morgan fingerprint density at radius 2 is 1.85 bits per heavy atom. The van der Waals surface area contributed by atoms with E-state index in [1.807, 2.05) is 37.3 Å². The molecule has 0 saturated heterocycles. The van der Waals surface area contributed by atoms with Crippen LogP contribution in [0.5, 0.6) is 5.75 Å². The molecular weight excluding hydrogens is 316 g/mol. The summed E-state index contributed by atoms with van der Waals surface area (Å²) in [6.45, 7) is 2.00. The van der Waals surface area contributed by atoms with Crippen molar-refractivity contribution in [3.8, 4) is 17.1 Å². The molecule has 1 N–H and O–H groups in total. The Kier molecular flexibility index (Phi) is 3.36. The van der Waals surface area contributed by atoms with Crippen LogP contribution in [0.25, 0.3) is 28.4 Å². The maximum atomic E-state index is 9.36. The Morgan fingerprint density at radius 1 is 1.10 bits per heavy atom. The van der Waals surface area contributed by atoms with Crippen LogP contribution < -0.4 is 0 Å². The minimum Gasteiger partial charge on any atom is -0.508 e. The van der Waals surface area contributed by atoms with Crippen LogP contribution in [0.4, 0.5) is 0 Å². The summed E-state index contributed by atoms with van der Waals surface area (Å²) in [5, 5.41) is 10.4. The Bertz CT molecular complexity index is 783. The molecule has 0 bridgehead atoms. The van der Waals surface area contributed by atoms with Crippen LogP contribution in [0.2, 0.25) is 0 Å². The number of aromatic hydroxyl groups is 1. The lowest BCUT2D eigenvalue weighted by Gasteiger charge is -1.97. The molecule has 0 aliphatic heterocycles. The molecule has 2 aromatic carbocycles. The maximum Gasteiger partial charge on any atom is 0.149 e. The number of rotatable bonds is 2. The number of hydrogen-bond donors (Lipinski definition) is 1. The quantitative estimate of drug-likeness (QED) is 0.664. The molecule has 0 radical (unpaired) electrons. The normalized spacial score (nSPS) is 11.5. The Balaban J connectivity index is 2.17. The fraction of sp³-hybridized carbons (Fsp3) is 0.0588. The molecule has 2 nitrogen and oxygen atoms in total. The standard InChI is InChI=1S/C17H13BrO2/c1-2-3-11-4-9-15-14(10-11)16(18)17(20-15)12-5-7-13(19)8-6-12/h2-10,19H,1H3/b3-2+. The number of allylic oxidation sites excluding steroid dienone is 1. The first-order chi connectivity index (χ1) is 9.69. The van der Waals surface area contributed by atoms with Gasteiger partial charge in [-0.15, -0.1) is 0 Å². The van der Waals surface area contributed by atoms with E-state index in [0.717, 1.165) is 32.3 Å². The summed E-state index contributed by atoms with van der Waals surface area (Å²) >= 11 is 3.61. The molecule has 20 heavy (non-hydrogen) atoms. The second-order valence-corrected chi connectivity index (χ2v) is 5.34. The van der Waals surface area contributed by atoms with E-state index in [1.165, 1.54) is 0 Å².